The third kappa shape index (κ3) is 38.1. The third-order valence-corrected chi connectivity index (χ3v) is 26.5. The van der Waals surface area contributed by atoms with E-state index in [1.54, 1.807) is 21.9 Å². The third-order valence-electron chi connectivity index (χ3n) is 17.2. The van der Waals surface area contributed by atoms with Crippen molar-refractivity contribution in [3.63, 3.8) is 0 Å². The smallest absolute Gasteiger partial charge is 0.326 e. The monoisotopic (exact) mass is 1600 g/mol. The second-order valence-corrected chi connectivity index (χ2v) is 39.7. The summed E-state index contributed by atoms with van der Waals surface area (Å²) in [5.41, 5.74) is 0.379. The van der Waals surface area contributed by atoms with Crippen molar-refractivity contribution in [3.05, 3.63) is 41.7 Å². The van der Waals surface area contributed by atoms with E-state index >= 15 is 0 Å². The van der Waals surface area contributed by atoms with Gasteiger partial charge in [0.2, 0.25) is 44.3 Å². The zero-order chi connectivity index (χ0) is 81.1. The Kier molecular flexibility index (Phi) is 40.2. The van der Waals surface area contributed by atoms with E-state index in [2.05, 4.69) is 83.8 Å². The summed E-state index contributed by atoms with van der Waals surface area (Å²) in [4.78, 5) is 200. The molecule has 0 aliphatic carbocycles. The number of hydrogen-bond acceptors (Lipinski definition) is 21. The number of aliphatic carboxylic acids is 7. The van der Waals surface area contributed by atoms with Crippen molar-refractivity contribution in [2.45, 2.75) is 178 Å². The molecule has 1 aliphatic heterocycles. The van der Waals surface area contributed by atoms with Gasteiger partial charge in [0.05, 0.1) is 40.5 Å². The Labute approximate surface area is 628 Å². The molecule has 3 rings (SSSR count). The van der Waals surface area contributed by atoms with Crippen LogP contribution in [0.4, 0.5) is 4.79 Å². The molecule has 1 aliphatic rings. The first-order valence-corrected chi connectivity index (χ1v) is 42.5. The summed E-state index contributed by atoms with van der Waals surface area (Å²) in [5, 5.41) is 94.2. The summed E-state index contributed by atoms with van der Waals surface area (Å²) in [6.45, 7) is 14.2. The van der Waals surface area contributed by atoms with Crippen LogP contribution in [0.5, 0.6) is 0 Å². The van der Waals surface area contributed by atoms with Gasteiger partial charge < -0.3 is 88.1 Å². The molecule has 2 aromatic rings. The lowest BCUT2D eigenvalue weighted by molar-refractivity contribution is -0.143. The number of nitrogens with one attached hydrogen (secondary N) is 8. The van der Waals surface area contributed by atoms with Crippen molar-refractivity contribution >= 4 is 121 Å². The van der Waals surface area contributed by atoms with Crippen LogP contribution in [0.1, 0.15) is 154 Å². The molecule has 1 aromatic heterocycles. The van der Waals surface area contributed by atoms with E-state index in [0.29, 0.717) is 38.6 Å². The molecule has 108 heavy (non-hydrogen) atoms. The molecular formula is C65H107N14O25P3Si. The zero-order valence-corrected chi connectivity index (χ0v) is 65.6. The maximum absolute atomic E-state index is 14.2. The van der Waals surface area contributed by atoms with Gasteiger partial charge in [-0.05, 0) is 73.3 Å². The fourth-order valence-corrected chi connectivity index (χ4v) is 21.6. The van der Waals surface area contributed by atoms with Crippen LogP contribution in [-0.2, 0) is 73.2 Å². The summed E-state index contributed by atoms with van der Waals surface area (Å²) in [5.74, 6) is -13.7. The van der Waals surface area contributed by atoms with E-state index in [4.69, 9.17) is 15.3 Å². The highest BCUT2D eigenvalue weighted by molar-refractivity contribution is 7.58. The molecular weight excluding hydrogens is 1500 g/mol. The molecule has 8 atom stereocenters. The predicted molar refractivity (Wildman–Crippen MR) is 395 cm³/mol. The fraction of sp³-hybridized carbons (Fsp3) is 0.662. The molecule has 0 saturated carbocycles. The van der Waals surface area contributed by atoms with Gasteiger partial charge in [0, 0.05) is 122 Å². The van der Waals surface area contributed by atoms with Crippen LogP contribution in [0.2, 0.25) is 10.1 Å². The van der Waals surface area contributed by atoms with Crippen LogP contribution >= 0.6 is 23.3 Å². The second-order valence-electron chi connectivity index (χ2n) is 28.5. The molecule has 606 valence electrons. The van der Waals surface area contributed by atoms with E-state index in [0.717, 1.165) is 9.87 Å². The molecule has 1 fully saturated rings. The number of carbonyl (C=O) groups is 14. The number of nitrogens with zero attached hydrogens (tertiary/aromatic N) is 6. The van der Waals surface area contributed by atoms with Gasteiger partial charge in [-0.3, -0.25) is 67.0 Å². The predicted octanol–water partition coefficient (Wildman–Crippen LogP) is 0.203. The molecule has 1 aromatic carbocycles. The summed E-state index contributed by atoms with van der Waals surface area (Å²) in [7, 11) is -9.38. The standard InChI is InChI=1S/C65H107N14O25P3Si/c1-64(2,3)108(65(4,5)6)44-14-12-42(13-15-44)57(90)69-37-49(79-38-43(74-75-79)36-68-52(82)23-34-106(101,102)40-77-29-27-76(39-105-33-22-55(86)87)28-30-78(32-31-77)41-107(103,104)35-24-56(88)89)58(91)71-46(60(94)95)10-7-8-25-66-50(80)19-20-51(81)67-26-9-11-45(59(92)93)70-53(83)18-16-47(61(96)97)72-63(100)73-48(62(98)99)17-21-54(84)85/h12-15,38,45-49,105,108H,7-11,16-37,39-41H2,1-6H3,(H,66,80)(H,67,81)(H,68,82)(H,69,90)(H,70,83)(H,71,91)(H,84,85)(H,86,87)(H,88,89)(H,92,93)(H,94,95)(H,96,97)(H,98,99)(H,101,102)(H,103,104)(H2,72,73,100)/t45-,46-,47+,48+,49-/m1/s1. The van der Waals surface area contributed by atoms with E-state index in [9.17, 15) is 106 Å². The summed E-state index contributed by atoms with van der Waals surface area (Å²) >= 11 is 0. The molecule has 0 spiro atoms. The van der Waals surface area contributed by atoms with Crippen molar-refractivity contribution in [1.29, 1.82) is 0 Å². The Bertz CT molecular complexity index is 3490. The molecule has 1 saturated heterocycles. The highest BCUT2D eigenvalue weighted by Crippen LogP contribution is 2.44. The topological polar surface area (TPSA) is 592 Å². The minimum atomic E-state index is -4.07. The van der Waals surface area contributed by atoms with E-state index < -0.39 is 194 Å². The van der Waals surface area contributed by atoms with Gasteiger partial charge in [0.15, 0.2) is 0 Å². The van der Waals surface area contributed by atoms with Gasteiger partial charge in [-0.25, -0.2) is 28.7 Å². The second kappa shape index (κ2) is 46.2. The normalized spacial score (nSPS) is 15.9. The maximum Gasteiger partial charge on any atom is 0.326 e. The number of benzene rings is 1. The van der Waals surface area contributed by atoms with Crippen molar-refractivity contribution in [3.8, 4) is 0 Å². The minimum Gasteiger partial charge on any atom is -0.481 e. The highest BCUT2D eigenvalue weighted by Gasteiger charge is 2.38. The van der Waals surface area contributed by atoms with Gasteiger partial charge in [-0.2, -0.15) is 0 Å². The van der Waals surface area contributed by atoms with Gasteiger partial charge in [-0.15, -0.1) is 13.7 Å². The Balaban J connectivity index is 1.61. The quantitative estimate of drug-likeness (QED) is 0.0239. The van der Waals surface area contributed by atoms with Crippen LogP contribution in [0.3, 0.4) is 0 Å². The summed E-state index contributed by atoms with van der Waals surface area (Å²) in [6.07, 6.45) is -3.03. The lowest BCUT2D eigenvalue weighted by atomic mass is 10.1. The zero-order valence-electron chi connectivity index (χ0n) is 61.7. The number of carboxylic acid groups (broad SMARTS) is 7. The molecule has 0 bridgehead atoms. The molecule has 43 heteroatoms. The van der Waals surface area contributed by atoms with Crippen molar-refractivity contribution in [2.24, 2.45) is 0 Å². The molecule has 3 unspecified atom stereocenters. The van der Waals surface area contributed by atoms with Crippen LogP contribution in [0, 0.1) is 0 Å². The maximum atomic E-state index is 14.2. The van der Waals surface area contributed by atoms with Crippen LogP contribution < -0.4 is 47.7 Å². The van der Waals surface area contributed by atoms with Gasteiger partial charge in [0.1, 0.15) is 35.9 Å². The number of carboxylic acids is 7. The lowest BCUT2D eigenvalue weighted by Gasteiger charge is -2.39. The molecule has 17 N–H and O–H groups in total. The minimum absolute atomic E-state index is 0.00318. The lowest BCUT2D eigenvalue weighted by Crippen LogP contribution is -2.51. The van der Waals surface area contributed by atoms with E-state index in [1.165, 1.54) is 6.20 Å². The largest absolute Gasteiger partial charge is 0.481 e. The van der Waals surface area contributed by atoms with E-state index in [1.807, 2.05) is 27.7 Å². The number of aromatic nitrogens is 3. The number of hydrogen-bond donors (Lipinski definition) is 17. The fourth-order valence-electron chi connectivity index (χ4n) is 12.0. The summed E-state index contributed by atoms with van der Waals surface area (Å²) in [6, 6.07) is -1.86. The number of amides is 8. The van der Waals surface area contributed by atoms with Crippen molar-refractivity contribution in [1.82, 2.24) is 72.2 Å². The highest BCUT2D eigenvalue weighted by atomic mass is 31.2. The van der Waals surface area contributed by atoms with Gasteiger partial charge >= 0.3 is 47.8 Å². The Morgan fingerprint density at radius 3 is 1.46 bits per heavy atom. The molecule has 39 nitrogen and oxygen atoms in total. The van der Waals surface area contributed by atoms with Crippen LogP contribution in [-0.4, -0.2) is 288 Å². The first-order chi connectivity index (χ1) is 50.4. The van der Waals surface area contributed by atoms with E-state index in [-0.39, 0.29) is 127 Å². The number of unbranched alkanes of at least 4 members (excludes halogenated alkanes) is 1. The van der Waals surface area contributed by atoms with Crippen LogP contribution in [0.15, 0.2) is 30.5 Å². The summed E-state index contributed by atoms with van der Waals surface area (Å²) < 4.78 is 27.9. The Morgan fingerprint density at radius 2 is 0.963 bits per heavy atom. The van der Waals surface area contributed by atoms with Gasteiger partial charge in [0.25, 0.3) is 5.91 Å². The number of rotatable bonds is 49. The van der Waals surface area contributed by atoms with Gasteiger partial charge in [-0.1, -0.05) is 64.1 Å². The molecule has 0 radical (unpaired) electrons. The Hall–Kier alpha value is -8.35. The van der Waals surface area contributed by atoms with Crippen LogP contribution in [0.25, 0.3) is 0 Å². The van der Waals surface area contributed by atoms with Crippen molar-refractivity contribution in [2.75, 3.05) is 96.2 Å². The average molecular weight is 1610 g/mol. The Morgan fingerprint density at radius 1 is 0.509 bits per heavy atom. The molecule has 8 amide bonds. The first-order valence-electron chi connectivity index (χ1n) is 35.3. The average Bonchev–Trinajstić information content (AvgIpc) is 0.946. The van der Waals surface area contributed by atoms with Crippen molar-refractivity contribution < 1.29 is 122 Å². The SMILES string of the molecule is CC(C)(C)[SiH](c1ccc(C(=O)NC[C@H](C(=O)N[C@H](CCCCNC(=O)CCC(=O)NCCC[C@@H](NC(=O)CC[C@H](NC(=O)N[C@@H](CCC(=O)O)C(=O)O)C(=O)O)C(=O)O)C(=O)O)n2cc(CNC(=O)CCP(=O)(O)CN3CCN(CPCCC(=O)O)CCN(CP(=O)(O)CCC(=O)O)CC3)nn2)cc1)C(C)(C)C. The number of urea groups is 1. The number of carbonyl (C=O) groups excluding carboxylic acids is 7. The first kappa shape index (κ1) is 93.9. The molecule has 2 heterocycles.